The molecule has 0 bridgehead atoms. The molecule has 0 aromatic heterocycles. The Morgan fingerprint density at radius 2 is 1.46 bits per heavy atom. The Bertz CT molecular complexity index is 546. The number of carbonyl (C=O) groups is 2. The lowest BCUT2D eigenvalue weighted by molar-refractivity contribution is -0.150. The summed E-state index contributed by atoms with van der Waals surface area (Å²) < 4.78 is 15.8. The van der Waals surface area contributed by atoms with Gasteiger partial charge in [-0.1, -0.05) is 19.1 Å². The first kappa shape index (κ1) is 19.7. The molecule has 5 nitrogen and oxygen atoms in total. The molecule has 0 aliphatic heterocycles. The molecule has 0 spiro atoms. The molecular formula is C19H26O5. The van der Waals surface area contributed by atoms with Crippen molar-refractivity contribution in [3.8, 4) is 5.75 Å². The van der Waals surface area contributed by atoms with Gasteiger partial charge in [-0.05, 0) is 57.9 Å². The maximum atomic E-state index is 12.2. The van der Waals surface area contributed by atoms with Crippen molar-refractivity contribution < 1.29 is 23.8 Å². The van der Waals surface area contributed by atoms with Crippen LogP contribution in [0, 0.1) is 0 Å². The number of hydrogen-bond donors (Lipinski definition) is 0. The van der Waals surface area contributed by atoms with Crippen LogP contribution in [-0.4, -0.2) is 30.8 Å². The zero-order valence-corrected chi connectivity index (χ0v) is 15.0. The molecule has 0 amide bonds. The molecule has 0 saturated heterocycles. The second-order valence-electron chi connectivity index (χ2n) is 5.88. The summed E-state index contributed by atoms with van der Waals surface area (Å²) in [7, 11) is 0. The van der Waals surface area contributed by atoms with E-state index in [9.17, 15) is 9.59 Å². The highest BCUT2D eigenvalue weighted by atomic mass is 16.6. The van der Waals surface area contributed by atoms with E-state index in [1.807, 2.05) is 6.92 Å². The van der Waals surface area contributed by atoms with Gasteiger partial charge in [-0.25, -0.2) is 9.59 Å². The Hall–Kier alpha value is -2.30. The molecule has 5 heteroatoms. The summed E-state index contributed by atoms with van der Waals surface area (Å²) in [5, 5.41) is 0. The van der Waals surface area contributed by atoms with Crippen LogP contribution in [0.1, 0.15) is 46.6 Å². The standard InChI is InChI=1S/C19H26O5/c1-6-11-22-16-9-7-15(8-10-16)12-17(18(20)23-13(2)3)19(21)24-14(4)5/h7-10,12-14H,6,11H2,1-5H3. The normalized spacial score (nSPS) is 10.5. The fraction of sp³-hybridized carbons (Fsp3) is 0.474. The van der Waals surface area contributed by atoms with E-state index in [4.69, 9.17) is 14.2 Å². The van der Waals surface area contributed by atoms with Crippen molar-refractivity contribution >= 4 is 18.0 Å². The highest BCUT2D eigenvalue weighted by Gasteiger charge is 2.23. The van der Waals surface area contributed by atoms with Crippen LogP contribution in [-0.2, 0) is 19.1 Å². The molecular weight excluding hydrogens is 308 g/mol. The number of hydrogen-bond acceptors (Lipinski definition) is 5. The molecule has 1 rings (SSSR count). The maximum Gasteiger partial charge on any atom is 0.345 e. The van der Waals surface area contributed by atoms with Crippen LogP contribution in [0.4, 0.5) is 0 Å². The number of rotatable bonds is 8. The molecule has 0 heterocycles. The maximum absolute atomic E-state index is 12.2. The fourth-order valence-corrected chi connectivity index (χ4v) is 1.80. The minimum Gasteiger partial charge on any atom is -0.494 e. The van der Waals surface area contributed by atoms with Crippen molar-refractivity contribution in [3.63, 3.8) is 0 Å². The van der Waals surface area contributed by atoms with Crippen LogP contribution in [0.25, 0.3) is 6.08 Å². The second kappa shape index (κ2) is 9.75. The average molecular weight is 334 g/mol. The van der Waals surface area contributed by atoms with Crippen molar-refractivity contribution in [2.75, 3.05) is 6.61 Å². The van der Waals surface area contributed by atoms with E-state index >= 15 is 0 Å². The van der Waals surface area contributed by atoms with Crippen LogP contribution in [0.3, 0.4) is 0 Å². The minimum atomic E-state index is -0.693. The van der Waals surface area contributed by atoms with Crippen molar-refractivity contribution in [1.82, 2.24) is 0 Å². The summed E-state index contributed by atoms with van der Waals surface area (Å²) >= 11 is 0. The monoisotopic (exact) mass is 334 g/mol. The van der Waals surface area contributed by atoms with Gasteiger partial charge in [0.1, 0.15) is 11.3 Å². The number of ether oxygens (including phenoxy) is 3. The highest BCUT2D eigenvalue weighted by Crippen LogP contribution is 2.17. The first-order valence-corrected chi connectivity index (χ1v) is 8.20. The van der Waals surface area contributed by atoms with Crippen molar-refractivity contribution in [2.45, 2.75) is 53.2 Å². The average Bonchev–Trinajstić information content (AvgIpc) is 2.50. The topological polar surface area (TPSA) is 61.8 Å². The number of esters is 2. The first-order chi connectivity index (χ1) is 11.3. The van der Waals surface area contributed by atoms with Gasteiger partial charge in [0.05, 0.1) is 18.8 Å². The molecule has 0 N–H and O–H groups in total. The molecule has 0 aliphatic carbocycles. The van der Waals surface area contributed by atoms with E-state index < -0.39 is 11.9 Å². The Morgan fingerprint density at radius 1 is 0.958 bits per heavy atom. The molecule has 24 heavy (non-hydrogen) atoms. The van der Waals surface area contributed by atoms with E-state index in [2.05, 4.69) is 0 Å². The van der Waals surface area contributed by atoms with Crippen LogP contribution in [0.15, 0.2) is 29.8 Å². The molecule has 132 valence electrons. The lowest BCUT2D eigenvalue weighted by atomic mass is 10.1. The third-order valence-corrected chi connectivity index (χ3v) is 2.79. The molecule has 1 aromatic rings. The number of benzene rings is 1. The van der Waals surface area contributed by atoms with Crippen LogP contribution < -0.4 is 4.74 Å². The molecule has 0 atom stereocenters. The zero-order valence-electron chi connectivity index (χ0n) is 15.0. The first-order valence-electron chi connectivity index (χ1n) is 8.20. The van der Waals surface area contributed by atoms with Gasteiger partial charge < -0.3 is 14.2 Å². The summed E-state index contributed by atoms with van der Waals surface area (Å²) in [5.74, 6) is -0.644. The van der Waals surface area contributed by atoms with Gasteiger partial charge in [0.25, 0.3) is 0 Å². The molecule has 0 radical (unpaired) electrons. The van der Waals surface area contributed by atoms with E-state index in [1.54, 1.807) is 52.0 Å². The lowest BCUT2D eigenvalue weighted by Gasteiger charge is -2.13. The fourth-order valence-electron chi connectivity index (χ4n) is 1.80. The third-order valence-electron chi connectivity index (χ3n) is 2.79. The van der Waals surface area contributed by atoms with Crippen LogP contribution in [0.5, 0.6) is 5.75 Å². The van der Waals surface area contributed by atoms with Crippen LogP contribution in [0.2, 0.25) is 0 Å². The van der Waals surface area contributed by atoms with E-state index in [-0.39, 0.29) is 17.8 Å². The van der Waals surface area contributed by atoms with Crippen molar-refractivity contribution in [2.24, 2.45) is 0 Å². The zero-order chi connectivity index (χ0) is 18.1. The van der Waals surface area contributed by atoms with Gasteiger partial charge in [-0.15, -0.1) is 0 Å². The molecule has 0 fully saturated rings. The Balaban J connectivity index is 3.01. The molecule has 0 unspecified atom stereocenters. The lowest BCUT2D eigenvalue weighted by Crippen LogP contribution is -2.23. The number of carbonyl (C=O) groups excluding carboxylic acids is 2. The Kier molecular flexibility index (Phi) is 8.02. The highest BCUT2D eigenvalue weighted by molar-refractivity contribution is 6.17. The second-order valence-corrected chi connectivity index (χ2v) is 5.88. The van der Waals surface area contributed by atoms with E-state index in [0.717, 1.165) is 12.2 Å². The minimum absolute atomic E-state index is 0.125. The summed E-state index contributed by atoms with van der Waals surface area (Å²) in [6, 6.07) is 7.13. The van der Waals surface area contributed by atoms with Gasteiger partial charge in [0.2, 0.25) is 0 Å². The third kappa shape index (κ3) is 6.86. The predicted octanol–water partition coefficient (Wildman–Crippen LogP) is 3.76. The molecule has 0 aliphatic rings. The largest absolute Gasteiger partial charge is 0.494 e. The van der Waals surface area contributed by atoms with Gasteiger partial charge in [0.15, 0.2) is 0 Å². The van der Waals surface area contributed by atoms with E-state index in [1.165, 1.54) is 6.08 Å². The van der Waals surface area contributed by atoms with E-state index in [0.29, 0.717) is 12.2 Å². The van der Waals surface area contributed by atoms with Crippen molar-refractivity contribution in [3.05, 3.63) is 35.4 Å². The Morgan fingerprint density at radius 3 is 1.88 bits per heavy atom. The smallest absolute Gasteiger partial charge is 0.345 e. The van der Waals surface area contributed by atoms with Gasteiger partial charge in [0, 0.05) is 0 Å². The summed E-state index contributed by atoms with van der Waals surface area (Å²) in [6.45, 7) is 9.57. The summed E-state index contributed by atoms with van der Waals surface area (Å²) in [4.78, 5) is 24.3. The van der Waals surface area contributed by atoms with Crippen LogP contribution >= 0.6 is 0 Å². The molecule has 0 saturated carbocycles. The predicted molar refractivity (Wildman–Crippen MR) is 92.7 cm³/mol. The van der Waals surface area contributed by atoms with Crippen molar-refractivity contribution in [1.29, 1.82) is 0 Å². The molecule has 1 aromatic carbocycles. The SMILES string of the molecule is CCCOc1ccc(C=C(C(=O)OC(C)C)C(=O)OC(C)C)cc1. The summed E-state index contributed by atoms with van der Waals surface area (Å²) in [5.41, 5.74) is 0.565. The quantitative estimate of drug-likeness (QED) is 0.313. The van der Waals surface area contributed by atoms with Gasteiger partial charge in [-0.2, -0.15) is 0 Å². The van der Waals surface area contributed by atoms with Gasteiger partial charge >= 0.3 is 11.9 Å². The Labute approximate surface area is 143 Å². The van der Waals surface area contributed by atoms with Gasteiger partial charge in [-0.3, -0.25) is 0 Å². The summed E-state index contributed by atoms with van der Waals surface area (Å²) in [6.07, 6.45) is 1.75.